The number of rotatable bonds is 6. The third kappa shape index (κ3) is 3.99. The van der Waals surface area contributed by atoms with E-state index in [0.717, 1.165) is 5.39 Å². The molecule has 0 aliphatic heterocycles. The summed E-state index contributed by atoms with van der Waals surface area (Å²) in [6.07, 6.45) is 1.42. The minimum atomic E-state index is -0.402. The van der Waals surface area contributed by atoms with Gasteiger partial charge in [-0.05, 0) is 18.2 Å². The molecule has 1 N–H and O–H groups in total. The first-order valence-corrected chi connectivity index (χ1v) is 8.64. The summed E-state index contributed by atoms with van der Waals surface area (Å²) in [6, 6.07) is 12.2. The fourth-order valence-electron chi connectivity index (χ4n) is 2.64. The Morgan fingerprint density at radius 3 is 2.54 bits per heavy atom. The van der Waals surface area contributed by atoms with Gasteiger partial charge in [0.1, 0.15) is 22.4 Å². The molecule has 1 aromatic heterocycles. The number of amides is 1. The number of nitrogens with one attached hydrogen (secondary N) is 1. The highest BCUT2D eigenvalue weighted by Gasteiger charge is 2.12. The maximum atomic E-state index is 12.3. The standard InChI is InChI=1S/C20H18ClN3O4/c1-26-13-9-16-15(18(10-13)28-3)8-12(19(21)23-16)11-22-24-20(25)14-6-4-5-7-17(14)27-2/h4-11H,1-3H3,(H,24,25). The highest BCUT2D eigenvalue weighted by atomic mass is 35.5. The van der Waals surface area contributed by atoms with E-state index in [1.807, 2.05) is 0 Å². The van der Waals surface area contributed by atoms with E-state index in [4.69, 9.17) is 25.8 Å². The molecule has 0 aliphatic carbocycles. The Hall–Kier alpha value is -3.32. The lowest BCUT2D eigenvalue weighted by Crippen LogP contribution is -2.18. The molecule has 28 heavy (non-hydrogen) atoms. The van der Waals surface area contributed by atoms with Crippen molar-refractivity contribution in [2.45, 2.75) is 0 Å². The van der Waals surface area contributed by atoms with Gasteiger partial charge in [-0.1, -0.05) is 23.7 Å². The fourth-order valence-corrected chi connectivity index (χ4v) is 2.83. The third-order valence-electron chi connectivity index (χ3n) is 4.03. The Balaban J connectivity index is 1.87. The third-order valence-corrected chi connectivity index (χ3v) is 4.33. The van der Waals surface area contributed by atoms with E-state index in [2.05, 4.69) is 15.5 Å². The first-order chi connectivity index (χ1) is 13.6. The number of hydrazone groups is 1. The van der Waals surface area contributed by atoms with Gasteiger partial charge in [-0.2, -0.15) is 5.10 Å². The zero-order chi connectivity index (χ0) is 20.1. The SMILES string of the molecule is COc1cc(OC)c2cc(C=NNC(=O)c3ccccc3OC)c(Cl)nc2c1. The van der Waals surface area contributed by atoms with Crippen LogP contribution in [0.1, 0.15) is 15.9 Å². The second-order valence-corrected chi connectivity index (χ2v) is 6.02. The zero-order valence-electron chi connectivity index (χ0n) is 15.5. The van der Waals surface area contributed by atoms with Crippen molar-refractivity contribution >= 4 is 34.6 Å². The maximum absolute atomic E-state index is 12.3. The Bertz CT molecular complexity index is 1050. The molecule has 0 saturated heterocycles. The summed E-state index contributed by atoms with van der Waals surface area (Å²) >= 11 is 6.26. The van der Waals surface area contributed by atoms with Gasteiger partial charge in [-0.3, -0.25) is 4.79 Å². The van der Waals surface area contributed by atoms with Crippen LogP contribution in [0.4, 0.5) is 0 Å². The number of carbonyl (C=O) groups is 1. The van der Waals surface area contributed by atoms with Gasteiger partial charge in [-0.25, -0.2) is 10.4 Å². The molecule has 0 bridgehead atoms. The molecule has 0 radical (unpaired) electrons. The average molecular weight is 400 g/mol. The minimum absolute atomic E-state index is 0.234. The van der Waals surface area contributed by atoms with E-state index in [-0.39, 0.29) is 5.15 Å². The highest BCUT2D eigenvalue weighted by Crippen LogP contribution is 2.32. The molecule has 1 amide bonds. The van der Waals surface area contributed by atoms with Crippen LogP contribution in [0, 0.1) is 0 Å². The van der Waals surface area contributed by atoms with Crippen LogP contribution >= 0.6 is 11.6 Å². The van der Waals surface area contributed by atoms with Crippen molar-refractivity contribution in [1.82, 2.24) is 10.4 Å². The number of nitrogens with zero attached hydrogens (tertiary/aromatic N) is 2. The topological polar surface area (TPSA) is 82.0 Å². The minimum Gasteiger partial charge on any atom is -0.497 e. The van der Waals surface area contributed by atoms with Crippen molar-refractivity contribution < 1.29 is 19.0 Å². The fraction of sp³-hybridized carbons (Fsp3) is 0.150. The molecule has 8 heteroatoms. The predicted octanol–water partition coefficient (Wildman–Crippen LogP) is 3.68. The van der Waals surface area contributed by atoms with Gasteiger partial charge in [0.25, 0.3) is 5.91 Å². The normalized spacial score (nSPS) is 10.9. The van der Waals surface area contributed by atoms with Crippen molar-refractivity contribution in [1.29, 1.82) is 0 Å². The van der Waals surface area contributed by atoms with E-state index in [1.54, 1.807) is 56.7 Å². The largest absolute Gasteiger partial charge is 0.497 e. The number of carbonyl (C=O) groups excluding carboxylic acids is 1. The van der Waals surface area contributed by atoms with Gasteiger partial charge in [0.2, 0.25) is 0 Å². The number of hydrogen-bond donors (Lipinski definition) is 1. The molecule has 0 unspecified atom stereocenters. The molecule has 0 aliphatic rings. The van der Waals surface area contributed by atoms with Crippen molar-refractivity contribution in [2.24, 2.45) is 5.10 Å². The number of para-hydroxylation sites is 1. The highest BCUT2D eigenvalue weighted by molar-refractivity contribution is 6.32. The van der Waals surface area contributed by atoms with Crippen molar-refractivity contribution in [3.8, 4) is 17.2 Å². The Morgan fingerprint density at radius 1 is 1.07 bits per heavy atom. The van der Waals surface area contributed by atoms with Crippen LogP contribution < -0.4 is 19.6 Å². The van der Waals surface area contributed by atoms with Crippen LogP contribution in [0.15, 0.2) is 47.6 Å². The second kappa shape index (κ2) is 8.58. The molecule has 3 aromatic rings. The lowest BCUT2D eigenvalue weighted by Gasteiger charge is -2.10. The van der Waals surface area contributed by atoms with Crippen LogP contribution in [0.25, 0.3) is 10.9 Å². The van der Waals surface area contributed by atoms with Crippen LogP contribution in [0.3, 0.4) is 0 Å². The smallest absolute Gasteiger partial charge is 0.275 e. The molecule has 0 fully saturated rings. The summed E-state index contributed by atoms with van der Waals surface area (Å²) in [6.45, 7) is 0. The van der Waals surface area contributed by atoms with Gasteiger partial charge in [0.15, 0.2) is 0 Å². The summed E-state index contributed by atoms with van der Waals surface area (Å²) < 4.78 is 15.8. The number of halogens is 1. The first kappa shape index (κ1) is 19.4. The average Bonchev–Trinajstić information content (AvgIpc) is 2.73. The van der Waals surface area contributed by atoms with Crippen LogP contribution in [0.5, 0.6) is 17.2 Å². The number of ether oxygens (including phenoxy) is 3. The molecule has 0 saturated carbocycles. The van der Waals surface area contributed by atoms with Gasteiger partial charge in [0, 0.05) is 23.1 Å². The molecule has 1 heterocycles. The van der Waals surface area contributed by atoms with Gasteiger partial charge >= 0.3 is 0 Å². The van der Waals surface area contributed by atoms with E-state index in [9.17, 15) is 4.79 Å². The molecule has 7 nitrogen and oxygen atoms in total. The summed E-state index contributed by atoms with van der Waals surface area (Å²) in [5.41, 5.74) is 3.98. The molecular weight excluding hydrogens is 382 g/mol. The lowest BCUT2D eigenvalue weighted by atomic mass is 10.1. The number of methoxy groups -OCH3 is 3. The molecular formula is C20H18ClN3O4. The number of pyridine rings is 1. The molecule has 144 valence electrons. The van der Waals surface area contributed by atoms with Crippen LogP contribution in [0.2, 0.25) is 5.15 Å². The molecule has 0 spiro atoms. The van der Waals surface area contributed by atoms with Gasteiger partial charge in [0.05, 0.1) is 38.6 Å². The lowest BCUT2D eigenvalue weighted by molar-refractivity contribution is 0.0952. The summed E-state index contributed by atoms with van der Waals surface area (Å²) in [7, 11) is 4.62. The summed E-state index contributed by atoms with van der Waals surface area (Å²) in [4.78, 5) is 16.7. The number of benzene rings is 2. The van der Waals surface area contributed by atoms with Crippen LogP contribution in [-0.2, 0) is 0 Å². The quantitative estimate of drug-likeness (QED) is 0.388. The van der Waals surface area contributed by atoms with Crippen LogP contribution in [-0.4, -0.2) is 38.4 Å². The number of fused-ring (bicyclic) bond motifs is 1. The molecule has 0 atom stereocenters. The summed E-state index contributed by atoms with van der Waals surface area (Å²) in [5, 5.41) is 4.96. The predicted molar refractivity (Wildman–Crippen MR) is 108 cm³/mol. The monoisotopic (exact) mass is 399 g/mol. The second-order valence-electron chi connectivity index (χ2n) is 5.66. The van der Waals surface area contributed by atoms with Gasteiger partial charge in [-0.15, -0.1) is 0 Å². The zero-order valence-corrected chi connectivity index (χ0v) is 16.3. The molecule has 2 aromatic carbocycles. The Morgan fingerprint density at radius 2 is 1.82 bits per heavy atom. The van der Waals surface area contributed by atoms with E-state index < -0.39 is 5.91 Å². The maximum Gasteiger partial charge on any atom is 0.275 e. The van der Waals surface area contributed by atoms with Crippen molar-refractivity contribution in [3.63, 3.8) is 0 Å². The van der Waals surface area contributed by atoms with E-state index in [1.165, 1.54) is 13.3 Å². The van der Waals surface area contributed by atoms with Gasteiger partial charge < -0.3 is 14.2 Å². The van der Waals surface area contributed by atoms with Crippen molar-refractivity contribution in [2.75, 3.05) is 21.3 Å². The Kier molecular flexibility index (Phi) is 5.96. The molecule has 3 rings (SSSR count). The van der Waals surface area contributed by atoms with E-state index in [0.29, 0.717) is 33.9 Å². The summed E-state index contributed by atoms with van der Waals surface area (Å²) in [5.74, 6) is 1.25. The number of aromatic nitrogens is 1. The Labute approximate surface area is 166 Å². The van der Waals surface area contributed by atoms with Crippen molar-refractivity contribution in [3.05, 3.63) is 58.7 Å². The van der Waals surface area contributed by atoms with E-state index >= 15 is 0 Å². The number of hydrogen-bond acceptors (Lipinski definition) is 6. The first-order valence-electron chi connectivity index (χ1n) is 8.26.